The first kappa shape index (κ1) is 22.5. The number of nitrogens with one attached hydrogen (secondary N) is 1. The first-order chi connectivity index (χ1) is 14.5. The fourth-order valence-corrected chi connectivity index (χ4v) is 4.90. The summed E-state index contributed by atoms with van der Waals surface area (Å²) in [6.45, 7) is 1.92. The van der Waals surface area contributed by atoms with E-state index >= 15 is 0 Å². The molecule has 30 heavy (non-hydrogen) atoms. The Morgan fingerprint density at radius 1 is 1.33 bits per heavy atom. The zero-order valence-corrected chi connectivity index (χ0v) is 19.0. The molecule has 8 nitrogen and oxygen atoms in total. The second-order valence-corrected chi connectivity index (χ2v) is 9.10. The molecule has 0 saturated heterocycles. The van der Waals surface area contributed by atoms with Crippen LogP contribution in [-0.2, 0) is 25.7 Å². The topological polar surface area (TPSA) is 103 Å². The molecule has 0 fully saturated rings. The summed E-state index contributed by atoms with van der Waals surface area (Å²) in [4.78, 5) is 44.7. The first-order valence-corrected chi connectivity index (χ1v) is 12.0. The van der Waals surface area contributed by atoms with Gasteiger partial charge in [-0.25, -0.2) is 4.98 Å². The molecule has 2 aromatic heterocycles. The number of thioether (sulfide) groups is 1. The maximum absolute atomic E-state index is 12.3. The van der Waals surface area contributed by atoms with Crippen LogP contribution >= 0.6 is 46.0 Å². The van der Waals surface area contributed by atoms with Gasteiger partial charge in [-0.05, 0) is 25.1 Å². The van der Waals surface area contributed by atoms with Gasteiger partial charge in [0.05, 0.1) is 28.3 Å². The molecule has 0 saturated carbocycles. The van der Waals surface area contributed by atoms with Crippen LogP contribution < -0.4 is 10.1 Å². The number of fused-ring (bicyclic) bond motifs is 1. The Kier molecular flexibility index (Phi) is 8.02. The summed E-state index contributed by atoms with van der Waals surface area (Å²) in [7, 11) is 0. The molecule has 0 aliphatic carbocycles. The number of hydrogen-bond acceptors (Lipinski definition) is 8. The summed E-state index contributed by atoms with van der Waals surface area (Å²) >= 11 is 9.78. The lowest BCUT2D eigenvalue weighted by Crippen LogP contribution is -2.23. The van der Waals surface area contributed by atoms with Crippen molar-refractivity contribution in [1.82, 2.24) is 9.55 Å². The maximum atomic E-state index is 12.3. The second kappa shape index (κ2) is 10.7. The Morgan fingerprint density at radius 3 is 2.90 bits per heavy atom. The van der Waals surface area contributed by atoms with Crippen molar-refractivity contribution in [3.63, 3.8) is 0 Å². The van der Waals surface area contributed by atoms with Crippen LogP contribution in [-0.4, -0.2) is 45.4 Å². The summed E-state index contributed by atoms with van der Waals surface area (Å²) in [5.41, 5.74) is 0.736. The van der Waals surface area contributed by atoms with Crippen molar-refractivity contribution in [3.05, 3.63) is 39.6 Å². The molecular weight excluding hydrogens is 468 g/mol. The highest BCUT2D eigenvalue weighted by Crippen LogP contribution is 2.22. The van der Waals surface area contributed by atoms with Crippen LogP contribution in [0.15, 0.2) is 34.8 Å². The zero-order valence-electron chi connectivity index (χ0n) is 15.8. The summed E-state index contributed by atoms with van der Waals surface area (Å²) in [6, 6.07) is 5.24. The van der Waals surface area contributed by atoms with Crippen molar-refractivity contribution < 1.29 is 19.1 Å². The number of halogens is 1. The van der Waals surface area contributed by atoms with E-state index in [1.807, 2.05) is 0 Å². The molecule has 1 aromatic carbocycles. The standard InChI is InChI=1S/C18H17ClN4O4S3/c1-2-27-16(26)8-23-12-4-3-11(19)7-13(12)30-18(23)22-15(25)10-28-9-14(24)21-17-20-5-6-29-17/h3-7H,2,8-10H2,1H3,(H,20,21,24). The van der Waals surface area contributed by atoms with Gasteiger partial charge < -0.3 is 14.6 Å². The van der Waals surface area contributed by atoms with Crippen molar-refractivity contribution in [2.75, 3.05) is 23.4 Å². The van der Waals surface area contributed by atoms with Crippen molar-refractivity contribution in [3.8, 4) is 0 Å². The summed E-state index contributed by atoms with van der Waals surface area (Å²) in [6.07, 6.45) is 1.60. The number of benzene rings is 1. The number of esters is 1. The predicted octanol–water partition coefficient (Wildman–Crippen LogP) is 3.18. The average molecular weight is 485 g/mol. The van der Waals surface area contributed by atoms with E-state index < -0.39 is 11.9 Å². The molecular formula is C18H17ClN4O4S3. The molecule has 3 rings (SSSR count). The molecule has 0 radical (unpaired) electrons. The van der Waals surface area contributed by atoms with E-state index in [2.05, 4.69) is 15.3 Å². The quantitative estimate of drug-likeness (QED) is 0.492. The lowest BCUT2D eigenvalue weighted by Gasteiger charge is -2.05. The van der Waals surface area contributed by atoms with Gasteiger partial charge in [0.1, 0.15) is 6.54 Å². The van der Waals surface area contributed by atoms with Crippen LogP contribution in [0.2, 0.25) is 5.02 Å². The average Bonchev–Trinajstić information content (AvgIpc) is 3.30. The summed E-state index contributed by atoms with van der Waals surface area (Å²) < 4.78 is 7.45. The number of hydrogen-bond donors (Lipinski definition) is 1. The number of rotatable bonds is 8. The van der Waals surface area contributed by atoms with Crippen LogP contribution in [0.5, 0.6) is 0 Å². The fourth-order valence-electron chi connectivity index (χ4n) is 2.43. The number of amides is 2. The van der Waals surface area contributed by atoms with E-state index in [1.54, 1.807) is 41.3 Å². The largest absolute Gasteiger partial charge is 0.465 e. The van der Waals surface area contributed by atoms with Crippen molar-refractivity contribution in [2.45, 2.75) is 13.5 Å². The SMILES string of the molecule is CCOC(=O)Cn1c(=NC(=O)CSCC(=O)Nc2nccs2)sc2cc(Cl)ccc21. The molecule has 158 valence electrons. The van der Waals surface area contributed by atoms with Crippen LogP contribution in [0.3, 0.4) is 0 Å². The molecule has 3 aromatic rings. The maximum Gasteiger partial charge on any atom is 0.326 e. The monoisotopic (exact) mass is 484 g/mol. The highest BCUT2D eigenvalue weighted by Gasteiger charge is 2.13. The van der Waals surface area contributed by atoms with Crippen LogP contribution in [0.1, 0.15) is 6.92 Å². The Balaban J connectivity index is 1.71. The highest BCUT2D eigenvalue weighted by molar-refractivity contribution is 8.00. The van der Waals surface area contributed by atoms with E-state index in [0.29, 0.717) is 15.0 Å². The van der Waals surface area contributed by atoms with Gasteiger partial charge in [-0.3, -0.25) is 14.4 Å². The lowest BCUT2D eigenvalue weighted by molar-refractivity contribution is -0.143. The van der Waals surface area contributed by atoms with Gasteiger partial charge in [-0.15, -0.1) is 23.1 Å². The third-order valence-corrected chi connectivity index (χ3v) is 6.48. The van der Waals surface area contributed by atoms with Crippen LogP contribution in [0.4, 0.5) is 5.13 Å². The molecule has 0 unspecified atom stereocenters. The minimum Gasteiger partial charge on any atom is -0.465 e. The van der Waals surface area contributed by atoms with Gasteiger partial charge in [-0.2, -0.15) is 4.99 Å². The number of carbonyl (C=O) groups is 3. The van der Waals surface area contributed by atoms with E-state index in [1.165, 1.54) is 22.7 Å². The third kappa shape index (κ3) is 6.14. The Morgan fingerprint density at radius 2 is 2.17 bits per heavy atom. The van der Waals surface area contributed by atoms with E-state index in [-0.39, 0.29) is 30.6 Å². The van der Waals surface area contributed by atoms with Crippen molar-refractivity contribution in [2.24, 2.45) is 4.99 Å². The molecule has 2 heterocycles. The number of aromatic nitrogens is 2. The smallest absolute Gasteiger partial charge is 0.326 e. The van der Waals surface area contributed by atoms with Gasteiger partial charge in [0, 0.05) is 16.6 Å². The number of carbonyl (C=O) groups excluding carboxylic acids is 3. The minimum absolute atomic E-state index is 0.0275. The van der Waals surface area contributed by atoms with Crippen LogP contribution in [0, 0.1) is 0 Å². The number of ether oxygens (including phenoxy) is 1. The molecule has 0 aliphatic heterocycles. The lowest BCUT2D eigenvalue weighted by atomic mass is 10.3. The minimum atomic E-state index is -0.422. The molecule has 1 N–H and O–H groups in total. The highest BCUT2D eigenvalue weighted by atomic mass is 35.5. The molecule has 0 aliphatic rings. The molecule has 0 bridgehead atoms. The van der Waals surface area contributed by atoms with Gasteiger partial charge in [0.15, 0.2) is 9.93 Å². The summed E-state index contributed by atoms with van der Waals surface area (Å²) in [5, 5.41) is 5.47. The van der Waals surface area contributed by atoms with Gasteiger partial charge >= 0.3 is 5.97 Å². The van der Waals surface area contributed by atoms with E-state index in [0.717, 1.165) is 22.0 Å². The molecule has 0 atom stereocenters. The first-order valence-electron chi connectivity index (χ1n) is 8.75. The van der Waals surface area contributed by atoms with E-state index in [4.69, 9.17) is 16.3 Å². The number of thiazole rings is 2. The molecule has 2 amide bonds. The Hall–Kier alpha value is -2.21. The second-order valence-electron chi connectivity index (χ2n) is 5.77. The third-order valence-electron chi connectivity index (χ3n) is 3.60. The van der Waals surface area contributed by atoms with E-state index in [9.17, 15) is 14.4 Å². The number of anilines is 1. The molecule has 12 heteroatoms. The van der Waals surface area contributed by atoms with Gasteiger partial charge in [0.2, 0.25) is 5.91 Å². The zero-order chi connectivity index (χ0) is 21.5. The van der Waals surface area contributed by atoms with Gasteiger partial charge in [-0.1, -0.05) is 22.9 Å². The predicted molar refractivity (Wildman–Crippen MR) is 120 cm³/mol. The summed E-state index contributed by atoms with van der Waals surface area (Å²) in [5.74, 6) is -0.936. The van der Waals surface area contributed by atoms with Crippen LogP contribution in [0.25, 0.3) is 10.2 Å². The van der Waals surface area contributed by atoms with Crippen molar-refractivity contribution in [1.29, 1.82) is 0 Å². The van der Waals surface area contributed by atoms with Crippen molar-refractivity contribution >= 4 is 79.2 Å². The Bertz CT molecular complexity index is 1120. The number of nitrogens with zero attached hydrogens (tertiary/aromatic N) is 3. The fraction of sp³-hybridized carbons (Fsp3) is 0.278. The normalized spacial score (nSPS) is 11.6. The molecule has 0 spiro atoms. The Labute approximate surface area is 188 Å². The van der Waals surface area contributed by atoms with Gasteiger partial charge in [0.25, 0.3) is 5.91 Å².